The Labute approximate surface area is 175 Å². The summed E-state index contributed by atoms with van der Waals surface area (Å²) >= 11 is 0. The predicted octanol–water partition coefficient (Wildman–Crippen LogP) is 4.29. The summed E-state index contributed by atoms with van der Waals surface area (Å²) in [7, 11) is 0. The number of anilines is 4. The van der Waals surface area contributed by atoms with E-state index in [1.807, 2.05) is 68.4 Å². The minimum absolute atomic E-state index is 0.132. The van der Waals surface area contributed by atoms with Crippen LogP contribution in [0.4, 0.5) is 23.1 Å². The lowest BCUT2D eigenvalue weighted by Gasteiger charge is -2.25. The molecule has 1 amide bonds. The fourth-order valence-corrected chi connectivity index (χ4v) is 3.39. The molecule has 0 fully saturated rings. The molecule has 2 aromatic carbocycles. The number of benzene rings is 2. The molecule has 154 valence electrons. The van der Waals surface area contributed by atoms with E-state index in [4.69, 9.17) is 4.74 Å². The van der Waals surface area contributed by atoms with E-state index < -0.39 is 6.10 Å². The molecule has 0 bridgehead atoms. The van der Waals surface area contributed by atoms with Gasteiger partial charge in [0.1, 0.15) is 11.6 Å². The summed E-state index contributed by atoms with van der Waals surface area (Å²) in [6.07, 6.45) is 1.03. The Bertz CT molecular complexity index is 1040. The number of amides is 1. The van der Waals surface area contributed by atoms with Crippen LogP contribution in [0.3, 0.4) is 0 Å². The number of nitrogens with one attached hydrogen (secondary N) is 3. The standard InChI is InChI=1S/C23H25N5O2/c1-3-24-23-25-15(2)14-21(28-23)26-17-9-11-18(12-10-17)27-22(29)20-13-8-16-6-4-5-7-19(16)30-20/h4-7,9-12,14,20H,3,8,13H2,1-2H3,(H,27,29)(H2,24,25,26,28). The molecule has 4 rings (SSSR count). The van der Waals surface area contributed by atoms with Crippen LogP contribution in [0.1, 0.15) is 24.6 Å². The van der Waals surface area contributed by atoms with Gasteiger partial charge < -0.3 is 20.7 Å². The molecule has 1 atom stereocenters. The van der Waals surface area contributed by atoms with E-state index in [1.54, 1.807) is 0 Å². The molecule has 0 saturated heterocycles. The van der Waals surface area contributed by atoms with Crippen molar-refractivity contribution in [3.8, 4) is 5.75 Å². The molecular weight excluding hydrogens is 378 g/mol. The SMILES string of the molecule is CCNc1nc(C)cc(Nc2ccc(NC(=O)C3CCc4ccccc4O3)cc2)n1. The monoisotopic (exact) mass is 403 g/mol. The normalized spacial score (nSPS) is 14.9. The fraction of sp³-hybridized carbons (Fsp3) is 0.261. The number of nitrogens with zero attached hydrogens (tertiary/aromatic N) is 2. The van der Waals surface area contributed by atoms with Crippen LogP contribution in [-0.4, -0.2) is 28.5 Å². The molecule has 1 aromatic heterocycles. The molecular formula is C23H25N5O2. The number of para-hydroxylation sites is 1. The second-order valence-electron chi connectivity index (χ2n) is 7.19. The molecule has 3 N–H and O–H groups in total. The fourth-order valence-electron chi connectivity index (χ4n) is 3.39. The number of rotatable bonds is 6. The number of aromatic nitrogens is 2. The van der Waals surface area contributed by atoms with Crippen molar-refractivity contribution in [2.24, 2.45) is 0 Å². The summed E-state index contributed by atoms with van der Waals surface area (Å²) in [6, 6.07) is 17.3. The van der Waals surface area contributed by atoms with Crippen LogP contribution >= 0.6 is 0 Å². The number of fused-ring (bicyclic) bond motifs is 1. The number of carbonyl (C=O) groups excluding carboxylic acids is 1. The predicted molar refractivity (Wildman–Crippen MR) is 118 cm³/mol. The van der Waals surface area contributed by atoms with Crippen LogP contribution in [0.5, 0.6) is 5.75 Å². The first-order chi connectivity index (χ1) is 14.6. The van der Waals surface area contributed by atoms with Gasteiger partial charge in [-0.1, -0.05) is 18.2 Å². The number of ether oxygens (including phenoxy) is 1. The Morgan fingerprint density at radius 1 is 1.10 bits per heavy atom. The molecule has 2 heterocycles. The van der Waals surface area contributed by atoms with Crippen molar-refractivity contribution < 1.29 is 9.53 Å². The maximum Gasteiger partial charge on any atom is 0.265 e. The molecule has 1 unspecified atom stereocenters. The van der Waals surface area contributed by atoms with Gasteiger partial charge in [-0.05, 0) is 62.6 Å². The summed E-state index contributed by atoms with van der Waals surface area (Å²) in [5.74, 6) is 1.97. The molecule has 1 aliphatic rings. The summed E-state index contributed by atoms with van der Waals surface area (Å²) in [4.78, 5) is 21.4. The Hall–Kier alpha value is -3.61. The maximum atomic E-state index is 12.6. The quantitative estimate of drug-likeness (QED) is 0.569. The van der Waals surface area contributed by atoms with E-state index in [0.717, 1.165) is 41.3 Å². The van der Waals surface area contributed by atoms with E-state index in [-0.39, 0.29) is 5.91 Å². The van der Waals surface area contributed by atoms with Crippen LogP contribution in [0.15, 0.2) is 54.6 Å². The van der Waals surface area contributed by atoms with Gasteiger partial charge in [-0.15, -0.1) is 0 Å². The number of carbonyl (C=O) groups is 1. The van der Waals surface area contributed by atoms with Gasteiger partial charge in [0.05, 0.1) is 0 Å². The zero-order chi connectivity index (χ0) is 20.9. The number of hydrogen-bond acceptors (Lipinski definition) is 6. The molecule has 0 radical (unpaired) electrons. The third-order valence-electron chi connectivity index (χ3n) is 4.82. The second kappa shape index (κ2) is 8.82. The van der Waals surface area contributed by atoms with Crippen molar-refractivity contribution in [1.29, 1.82) is 0 Å². The van der Waals surface area contributed by atoms with Crippen LogP contribution in [-0.2, 0) is 11.2 Å². The molecule has 7 nitrogen and oxygen atoms in total. The average Bonchev–Trinajstić information content (AvgIpc) is 2.74. The molecule has 0 spiro atoms. The lowest BCUT2D eigenvalue weighted by molar-refractivity contribution is -0.123. The first-order valence-corrected chi connectivity index (χ1v) is 10.1. The third kappa shape index (κ3) is 4.68. The van der Waals surface area contributed by atoms with Crippen molar-refractivity contribution in [1.82, 2.24) is 9.97 Å². The smallest absolute Gasteiger partial charge is 0.265 e. The topological polar surface area (TPSA) is 88.2 Å². The highest BCUT2D eigenvalue weighted by atomic mass is 16.5. The zero-order valence-corrected chi connectivity index (χ0v) is 17.1. The second-order valence-corrected chi connectivity index (χ2v) is 7.19. The third-order valence-corrected chi connectivity index (χ3v) is 4.82. The van der Waals surface area contributed by atoms with Gasteiger partial charge in [0.25, 0.3) is 5.91 Å². The molecule has 7 heteroatoms. The summed E-state index contributed by atoms with van der Waals surface area (Å²) in [6.45, 7) is 4.69. The van der Waals surface area contributed by atoms with E-state index in [0.29, 0.717) is 18.2 Å². The highest BCUT2D eigenvalue weighted by Gasteiger charge is 2.25. The van der Waals surface area contributed by atoms with Gasteiger partial charge in [0.2, 0.25) is 5.95 Å². The molecule has 1 aliphatic heterocycles. The summed E-state index contributed by atoms with van der Waals surface area (Å²) in [5, 5.41) is 9.33. The van der Waals surface area contributed by atoms with Crippen molar-refractivity contribution in [3.05, 3.63) is 65.9 Å². The van der Waals surface area contributed by atoms with Gasteiger partial charge in [-0.25, -0.2) is 4.98 Å². The van der Waals surface area contributed by atoms with E-state index in [1.165, 1.54) is 0 Å². The van der Waals surface area contributed by atoms with E-state index in [9.17, 15) is 4.79 Å². The highest BCUT2D eigenvalue weighted by molar-refractivity contribution is 5.94. The highest BCUT2D eigenvalue weighted by Crippen LogP contribution is 2.28. The Balaban J connectivity index is 1.38. The summed E-state index contributed by atoms with van der Waals surface area (Å²) < 4.78 is 5.87. The Morgan fingerprint density at radius 3 is 2.67 bits per heavy atom. The zero-order valence-electron chi connectivity index (χ0n) is 17.1. The molecule has 0 aliphatic carbocycles. The van der Waals surface area contributed by atoms with Gasteiger partial charge in [0.15, 0.2) is 6.10 Å². The molecule has 3 aromatic rings. The van der Waals surface area contributed by atoms with Crippen LogP contribution < -0.4 is 20.7 Å². The first-order valence-electron chi connectivity index (χ1n) is 10.1. The number of hydrogen-bond donors (Lipinski definition) is 3. The largest absolute Gasteiger partial charge is 0.480 e. The van der Waals surface area contributed by atoms with Gasteiger partial charge >= 0.3 is 0 Å². The minimum Gasteiger partial charge on any atom is -0.480 e. The summed E-state index contributed by atoms with van der Waals surface area (Å²) in [5.41, 5.74) is 3.62. The van der Waals surface area contributed by atoms with Crippen molar-refractivity contribution in [3.63, 3.8) is 0 Å². The van der Waals surface area contributed by atoms with Crippen molar-refractivity contribution in [2.45, 2.75) is 32.8 Å². The first kappa shape index (κ1) is 19.7. The maximum absolute atomic E-state index is 12.6. The van der Waals surface area contributed by atoms with Gasteiger partial charge in [-0.3, -0.25) is 4.79 Å². The Kier molecular flexibility index (Phi) is 5.79. The van der Waals surface area contributed by atoms with Gasteiger partial charge in [-0.2, -0.15) is 4.98 Å². The molecule has 0 saturated carbocycles. The van der Waals surface area contributed by atoms with E-state index in [2.05, 4.69) is 25.9 Å². The minimum atomic E-state index is -0.480. The van der Waals surface area contributed by atoms with Crippen molar-refractivity contribution >= 4 is 29.0 Å². The van der Waals surface area contributed by atoms with E-state index >= 15 is 0 Å². The lowest BCUT2D eigenvalue weighted by Crippen LogP contribution is -2.35. The van der Waals surface area contributed by atoms with Crippen molar-refractivity contribution in [2.75, 3.05) is 22.5 Å². The molecule has 30 heavy (non-hydrogen) atoms. The lowest BCUT2D eigenvalue weighted by atomic mass is 10.0. The van der Waals surface area contributed by atoms with Crippen LogP contribution in [0, 0.1) is 6.92 Å². The van der Waals surface area contributed by atoms with Gasteiger partial charge in [0, 0.05) is 29.7 Å². The Morgan fingerprint density at radius 2 is 1.87 bits per heavy atom. The average molecular weight is 403 g/mol. The van der Waals surface area contributed by atoms with Crippen LogP contribution in [0.25, 0.3) is 0 Å². The van der Waals surface area contributed by atoms with Crippen LogP contribution in [0.2, 0.25) is 0 Å². The number of aryl methyl sites for hydroxylation is 2.